The number of benzene rings is 2. The average molecular weight is 508 g/mol. The quantitative estimate of drug-likeness (QED) is 0.283. The second kappa shape index (κ2) is 11.1. The number of methoxy groups -OCH3 is 1. The molecule has 9 heteroatoms. The molecule has 2 N–H and O–H groups in total. The van der Waals surface area contributed by atoms with Gasteiger partial charge in [-0.2, -0.15) is 0 Å². The molecule has 1 aliphatic heterocycles. The summed E-state index contributed by atoms with van der Waals surface area (Å²) in [5.74, 6) is 0.832. The smallest absolute Gasteiger partial charge is 0.255 e. The Balaban J connectivity index is 1.65. The summed E-state index contributed by atoms with van der Waals surface area (Å²) in [4.78, 5) is 33.3. The number of unbranched alkanes of at least 4 members (excludes halogenated alkanes) is 1. The number of hydrogen-bond donors (Lipinski definition) is 2. The van der Waals surface area contributed by atoms with Crippen LogP contribution in [0.25, 0.3) is 11.0 Å². The molecule has 0 aliphatic carbocycles. The number of halogens is 1. The van der Waals surface area contributed by atoms with Gasteiger partial charge in [-0.15, -0.1) is 0 Å². The largest absolute Gasteiger partial charge is 0.494 e. The first-order valence-electron chi connectivity index (χ1n) is 12.6. The van der Waals surface area contributed by atoms with E-state index in [1.807, 2.05) is 55.8 Å². The van der Waals surface area contributed by atoms with Crippen LogP contribution in [-0.2, 0) is 13.6 Å². The minimum Gasteiger partial charge on any atom is -0.494 e. The third kappa shape index (κ3) is 5.21. The highest BCUT2D eigenvalue weighted by Crippen LogP contribution is 2.31. The number of alkyl halides is 1. The maximum atomic E-state index is 13.6. The van der Waals surface area contributed by atoms with Gasteiger partial charge in [0.05, 0.1) is 29.8 Å². The van der Waals surface area contributed by atoms with Crippen molar-refractivity contribution in [3.63, 3.8) is 0 Å². The van der Waals surface area contributed by atoms with Gasteiger partial charge in [-0.05, 0) is 56.9 Å². The molecule has 2 aromatic carbocycles. The number of nitrogens with zero attached hydrogens (tertiary/aromatic N) is 3. The first kappa shape index (κ1) is 26.3. The summed E-state index contributed by atoms with van der Waals surface area (Å²) in [5.41, 5.74) is 3.29. The zero-order valence-corrected chi connectivity index (χ0v) is 21.8. The number of para-hydroxylation sites is 1. The highest BCUT2D eigenvalue weighted by Gasteiger charge is 2.34. The lowest BCUT2D eigenvalue weighted by Gasteiger charge is -2.21. The molecule has 0 bridgehead atoms. The number of hydrogen-bond acceptors (Lipinski definition) is 5. The maximum Gasteiger partial charge on any atom is 0.255 e. The molecular formula is C28H34FN5O3. The monoisotopic (exact) mass is 507 g/mol. The molecule has 2 amide bonds. The van der Waals surface area contributed by atoms with Gasteiger partial charge in [0.25, 0.3) is 11.8 Å². The number of carbonyl (C=O) groups is 2. The predicted molar refractivity (Wildman–Crippen MR) is 141 cm³/mol. The molecule has 2 heterocycles. The molecule has 196 valence electrons. The molecule has 0 saturated carbocycles. The van der Waals surface area contributed by atoms with Crippen LogP contribution in [0.15, 0.2) is 36.4 Å². The molecule has 0 saturated heterocycles. The van der Waals surface area contributed by atoms with Crippen LogP contribution in [0.2, 0.25) is 0 Å². The summed E-state index contributed by atoms with van der Waals surface area (Å²) >= 11 is 0. The lowest BCUT2D eigenvalue weighted by Crippen LogP contribution is -2.33. The topological polar surface area (TPSA) is 100 Å². The van der Waals surface area contributed by atoms with Gasteiger partial charge in [0.2, 0.25) is 0 Å². The first-order valence-corrected chi connectivity index (χ1v) is 12.6. The summed E-state index contributed by atoms with van der Waals surface area (Å²) in [5, 5.41) is 10.7. The summed E-state index contributed by atoms with van der Waals surface area (Å²) < 4.78 is 20.1. The SMILES string of the molecule is COc1cccc2c1nc([C@H](CCCCC(=N)CF)NC(=O)c1cccc3c1C(=O)N(C(C)C)C3)n2C. The third-order valence-electron chi connectivity index (χ3n) is 6.96. The summed E-state index contributed by atoms with van der Waals surface area (Å²) in [6.45, 7) is 3.66. The first-order chi connectivity index (χ1) is 17.8. The lowest BCUT2D eigenvalue weighted by molar-refractivity contribution is 0.0725. The molecular weight excluding hydrogens is 473 g/mol. The van der Waals surface area contributed by atoms with Gasteiger partial charge < -0.3 is 24.9 Å². The highest BCUT2D eigenvalue weighted by atomic mass is 19.1. The van der Waals surface area contributed by atoms with Crippen molar-refractivity contribution >= 4 is 28.6 Å². The van der Waals surface area contributed by atoms with E-state index in [4.69, 9.17) is 15.1 Å². The molecule has 1 atom stereocenters. The van der Waals surface area contributed by atoms with Gasteiger partial charge >= 0.3 is 0 Å². The highest BCUT2D eigenvalue weighted by molar-refractivity contribution is 6.09. The number of carbonyl (C=O) groups excluding carboxylic acids is 2. The van der Waals surface area contributed by atoms with E-state index < -0.39 is 12.7 Å². The molecule has 8 nitrogen and oxygen atoms in total. The third-order valence-corrected chi connectivity index (χ3v) is 6.96. The number of fused-ring (bicyclic) bond motifs is 2. The van der Waals surface area contributed by atoms with E-state index in [0.29, 0.717) is 60.4 Å². The van der Waals surface area contributed by atoms with Crippen molar-refractivity contribution < 1.29 is 18.7 Å². The number of ether oxygens (including phenoxy) is 1. The van der Waals surface area contributed by atoms with Crippen molar-refractivity contribution in [2.24, 2.45) is 7.05 Å². The van der Waals surface area contributed by atoms with E-state index >= 15 is 0 Å². The van der Waals surface area contributed by atoms with Gasteiger partial charge in [0, 0.05) is 25.3 Å². The fourth-order valence-electron chi connectivity index (χ4n) is 4.93. The molecule has 0 spiro atoms. The summed E-state index contributed by atoms with van der Waals surface area (Å²) in [7, 11) is 3.49. The zero-order valence-electron chi connectivity index (χ0n) is 21.8. The summed E-state index contributed by atoms with van der Waals surface area (Å²) in [6.07, 6.45) is 2.22. The van der Waals surface area contributed by atoms with Crippen LogP contribution in [0.3, 0.4) is 0 Å². The molecule has 37 heavy (non-hydrogen) atoms. The Morgan fingerprint density at radius 2 is 1.97 bits per heavy atom. The Morgan fingerprint density at radius 1 is 1.22 bits per heavy atom. The maximum absolute atomic E-state index is 13.6. The van der Waals surface area contributed by atoms with E-state index in [1.165, 1.54) is 0 Å². The van der Waals surface area contributed by atoms with Crippen molar-refractivity contribution in [2.45, 2.75) is 58.2 Å². The van der Waals surface area contributed by atoms with E-state index in [1.54, 1.807) is 18.1 Å². The van der Waals surface area contributed by atoms with Crippen molar-refractivity contribution in [3.05, 3.63) is 58.9 Å². The number of rotatable bonds is 11. The van der Waals surface area contributed by atoms with Crippen LogP contribution in [0.4, 0.5) is 4.39 Å². The second-order valence-corrected chi connectivity index (χ2v) is 9.73. The summed E-state index contributed by atoms with van der Waals surface area (Å²) in [6, 6.07) is 10.6. The molecule has 0 fully saturated rings. The van der Waals surface area contributed by atoms with Crippen LogP contribution in [0.5, 0.6) is 5.75 Å². The van der Waals surface area contributed by atoms with Crippen molar-refractivity contribution in [1.29, 1.82) is 5.41 Å². The second-order valence-electron chi connectivity index (χ2n) is 9.73. The zero-order chi connectivity index (χ0) is 26.7. The van der Waals surface area contributed by atoms with Gasteiger partial charge in [-0.25, -0.2) is 9.37 Å². The predicted octanol–water partition coefficient (Wildman–Crippen LogP) is 4.97. The number of nitrogens with one attached hydrogen (secondary N) is 2. The number of aryl methyl sites for hydroxylation is 1. The molecule has 3 aromatic rings. The number of aromatic nitrogens is 2. The Kier molecular flexibility index (Phi) is 7.90. The fourth-order valence-corrected chi connectivity index (χ4v) is 4.93. The van der Waals surface area contributed by atoms with Crippen LogP contribution in [0.1, 0.15) is 77.7 Å². The molecule has 1 aliphatic rings. The van der Waals surface area contributed by atoms with Gasteiger partial charge in [0.1, 0.15) is 23.8 Å². The molecule has 0 radical (unpaired) electrons. The Hall–Kier alpha value is -3.75. The molecule has 1 aromatic heterocycles. The average Bonchev–Trinajstić information content (AvgIpc) is 3.42. The van der Waals surface area contributed by atoms with Crippen LogP contribution < -0.4 is 10.1 Å². The Morgan fingerprint density at radius 3 is 2.68 bits per heavy atom. The van der Waals surface area contributed by atoms with Crippen molar-refractivity contribution in [1.82, 2.24) is 19.8 Å². The number of imidazole rings is 1. The Labute approximate surface area is 216 Å². The normalized spacial score (nSPS) is 13.8. The van der Waals surface area contributed by atoms with Gasteiger partial charge in [-0.3, -0.25) is 9.59 Å². The van der Waals surface area contributed by atoms with Crippen LogP contribution >= 0.6 is 0 Å². The van der Waals surface area contributed by atoms with E-state index in [-0.39, 0.29) is 23.6 Å². The standard InChI is InChI=1S/C28H34FN5O3/c1-17(2)34-16-18-9-7-11-20(24(18)28(34)36)27(35)31-21(12-6-5-10-19(30)15-29)26-32-25-22(33(26)3)13-8-14-23(25)37-4/h7-9,11,13-14,17,21,30H,5-6,10,12,15-16H2,1-4H3,(H,31,35)/t21-/m0/s1. The lowest BCUT2D eigenvalue weighted by atomic mass is 10.0. The molecule has 4 rings (SSSR count). The van der Waals surface area contributed by atoms with Gasteiger partial charge in [0.15, 0.2) is 0 Å². The van der Waals surface area contributed by atoms with Gasteiger partial charge in [-0.1, -0.05) is 24.6 Å². The van der Waals surface area contributed by atoms with E-state index in [0.717, 1.165) is 11.1 Å². The minimum atomic E-state index is -0.745. The van der Waals surface area contributed by atoms with Crippen molar-refractivity contribution in [3.8, 4) is 5.75 Å². The van der Waals surface area contributed by atoms with Crippen LogP contribution in [0, 0.1) is 5.41 Å². The Bertz CT molecular complexity index is 1330. The minimum absolute atomic E-state index is 0.0292. The fraction of sp³-hybridized carbons (Fsp3) is 0.429. The van der Waals surface area contributed by atoms with Crippen LogP contribution in [-0.4, -0.2) is 51.8 Å². The molecule has 0 unspecified atom stereocenters. The van der Waals surface area contributed by atoms with E-state index in [2.05, 4.69) is 5.32 Å². The number of amides is 2. The van der Waals surface area contributed by atoms with Crippen molar-refractivity contribution in [2.75, 3.05) is 13.8 Å². The van der Waals surface area contributed by atoms with E-state index in [9.17, 15) is 14.0 Å².